The predicted octanol–water partition coefficient (Wildman–Crippen LogP) is 1.47. The molecule has 0 aliphatic heterocycles. The fourth-order valence-electron chi connectivity index (χ4n) is 1.25. The number of H-pyrrole nitrogens is 1. The molecule has 7 heteroatoms. The molecule has 0 aliphatic carbocycles. The van der Waals surface area contributed by atoms with Gasteiger partial charge in [0.15, 0.2) is 5.69 Å². The van der Waals surface area contributed by atoms with Gasteiger partial charge >= 0.3 is 0 Å². The second kappa shape index (κ2) is 4.01. The first kappa shape index (κ1) is 10.7. The zero-order chi connectivity index (χ0) is 11.7. The molecular weight excluding hydrogens is 279 g/mol. The number of rotatable bonds is 2. The van der Waals surface area contributed by atoms with E-state index in [4.69, 9.17) is 5.73 Å². The molecule has 1 heterocycles. The molecule has 0 fully saturated rings. The summed E-state index contributed by atoms with van der Waals surface area (Å²) in [5.41, 5.74) is 5.99. The number of hydrogen-bond acceptors (Lipinski definition) is 3. The maximum Gasteiger partial charge on any atom is 0.271 e. The van der Waals surface area contributed by atoms with Gasteiger partial charge in [-0.25, -0.2) is 4.39 Å². The van der Waals surface area contributed by atoms with E-state index in [1.807, 2.05) is 0 Å². The number of nitrogens with one attached hydrogen (secondary N) is 1. The Morgan fingerprint density at radius 3 is 2.81 bits per heavy atom. The fourth-order valence-corrected chi connectivity index (χ4v) is 1.63. The van der Waals surface area contributed by atoms with Gasteiger partial charge in [-0.05, 0) is 34.1 Å². The molecule has 0 radical (unpaired) electrons. The van der Waals surface area contributed by atoms with Crippen molar-refractivity contribution in [1.82, 2.24) is 15.4 Å². The number of aromatic amines is 1. The monoisotopic (exact) mass is 284 g/mol. The van der Waals surface area contributed by atoms with E-state index in [-0.39, 0.29) is 10.2 Å². The Morgan fingerprint density at radius 1 is 1.44 bits per heavy atom. The Labute approximate surface area is 98.0 Å². The first-order valence-electron chi connectivity index (χ1n) is 4.25. The maximum atomic E-state index is 13.0. The molecule has 0 saturated carbocycles. The van der Waals surface area contributed by atoms with E-state index in [2.05, 4.69) is 31.3 Å². The molecule has 3 N–H and O–H groups in total. The molecule has 0 atom stereocenters. The summed E-state index contributed by atoms with van der Waals surface area (Å²) in [7, 11) is 0. The third-order valence-corrected chi connectivity index (χ3v) is 2.58. The maximum absolute atomic E-state index is 13.0. The first-order valence-corrected chi connectivity index (χ1v) is 5.05. The van der Waals surface area contributed by atoms with Crippen LogP contribution in [0.25, 0.3) is 11.3 Å². The Kier molecular flexibility index (Phi) is 2.69. The summed E-state index contributed by atoms with van der Waals surface area (Å²) in [4.78, 5) is 11.0. The summed E-state index contributed by atoms with van der Waals surface area (Å²) in [6.07, 6.45) is 0. The molecule has 0 bridgehead atoms. The van der Waals surface area contributed by atoms with Crippen LogP contribution < -0.4 is 5.73 Å². The molecule has 16 heavy (non-hydrogen) atoms. The molecular formula is C9H6BrFN4O. The lowest BCUT2D eigenvalue weighted by atomic mass is 10.1. The van der Waals surface area contributed by atoms with Gasteiger partial charge in [-0.15, -0.1) is 0 Å². The van der Waals surface area contributed by atoms with E-state index in [0.717, 1.165) is 0 Å². The molecule has 1 aromatic carbocycles. The van der Waals surface area contributed by atoms with Crippen molar-refractivity contribution in [3.05, 3.63) is 34.2 Å². The minimum absolute atomic E-state index is 0.0264. The van der Waals surface area contributed by atoms with Crippen molar-refractivity contribution < 1.29 is 9.18 Å². The van der Waals surface area contributed by atoms with Crippen LogP contribution in [0.3, 0.4) is 0 Å². The van der Waals surface area contributed by atoms with Gasteiger partial charge in [0.1, 0.15) is 11.5 Å². The zero-order valence-corrected chi connectivity index (χ0v) is 9.45. The minimum atomic E-state index is -0.691. The van der Waals surface area contributed by atoms with Gasteiger partial charge in [0.2, 0.25) is 0 Å². The third kappa shape index (κ3) is 1.81. The number of carbonyl (C=O) groups excluding carboxylic acids is 1. The van der Waals surface area contributed by atoms with Crippen molar-refractivity contribution in [2.75, 3.05) is 0 Å². The second-order valence-corrected chi connectivity index (χ2v) is 3.87. The third-order valence-electron chi connectivity index (χ3n) is 1.97. The molecule has 1 aromatic heterocycles. The predicted molar refractivity (Wildman–Crippen MR) is 58.0 cm³/mol. The quantitative estimate of drug-likeness (QED) is 0.876. The molecule has 82 valence electrons. The summed E-state index contributed by atoms with van der Waals surface area (Å²) in [5, 5.41) is 9.73. The largest absolute Gasteiger partial charge is 0.364 e. The summed E-state index contributed by atoms with van der Waals surface area (Å²) in [6.45, 7) is 0. The Morgan fingerprint density at radius 2 is 2.19 bits per heavy atom. The second-order valence-electron chi connectivity index (χ2n) is 3.01. The molecule has 0 unspecified atom stereocenters. The van der Waals surface area contributed by atoms with E-state index >= 15 is 0 Å². The van der Waals surface area contributed by atoms with Crippen molar-refractivity contribution in [1.29, 1.82) is 0 Å². The van der Waals surface area contributed by atoms with Crippen LogP contribution >= 0.6 is 15.9 Å². The lowest BCUT2D eigenvalue weighted by molar-refractivity contribution is 0.0996. The molecule has 5 nitrogen and oxygen atoms in total. The van der Waals surface area contributed by atoms with Crippen LogP contribution in [0, 0.1) is 5.82 Å². The van der Waals surface area contributed by atoms with Gasteiger partial charge < -0.3 is 5.73 Å². The fraction of sp³-hybridized carbons (Fsp3) is 0. The highest BCUT2D eigenvalue weighted by Gasteiger charge is 2.15. The number of aromatic nitrogens is 3. The van der Waals surface area contributed by atoms with Crippen LogP contribution in [0.2, 0.25) is 0 Å². The minimum Gasteiger partial charge on any atom is -0.364 e. The summed E-state index contributed by atoms with van der Waals surface area (Å²) in [6, 6.07) is 4.25. The number of benzene rings is 1. The van der Waals surface area contributed by atoms with Crippen LogP contribution in [0.1, 0.15) is 10.5 Å². The van der Waals surface area contributed by atoms with Gasteiger partial charge in [-0.2, -0.15) is 15.4 Å². The lowest BCUT2D eigenvalue weighted by Crippen LogP contribution is -2.12. The van der Waals surface area contributed by atoms with Crippen molar-refractivity contribution in [3.63, 3.8) is 0 Å². The Balaban J connectivity index is 2.54. The Hall–Kier alpha value is -1.76. The lowest BCUT2D eigenvalue weighted by Gasteiger charge is -1.99. The van der Waals surface area contributed by atoms with E-state index < -0.39 is 11.7 Å². The van der Waals surface area contributed by atoms with Crippen molar-refractivity contribution in [3.8, 4) is 11.3 Å². The first-order chi connectivity index (χ1) is 7.59. The van der Waals surface area contributed by atoms with Crippen molar-refractivity contribution in [2.24, 2.45) is 5.73 Å². The van der Waals surface area contributed by atoms with Crippen LogP contribution in [0.5, 0.6) is 0 Å². The van der Waals surface area contributed by atoms with Gasteiger partial charge in [0.05, 0.1) is 4.47 Å². The van der Waals surface area contributed by atoms with E-state index in [1.165, 1.54) is 18.2 Å². The van der Waals surface area contributed by atoms with Gasteiger partial charge in [0, 0.05) is 5.56 Å². The standard InChI is InChI=1S/C9H6BrFN4O/c10-5-3-4(1-2-6(5)11)7-8(9(12)16)14-15-13-7/h1-3H,(H2,12,16)(H,13,14,15). The van der Waals surface area contributed by atoms with Crippen molar-refractivity contribution >= 4 is 21.8 Å². The number of primary amides is 1. The number of nitrogens with zero attached hydrogens (tertiary/aromatic N) is 2. The van der Waals surface area contributed by atoms with E-state index in [1.54, 1.807) is 0 Å². The summed E-state index contributed by atoms with van der Waals surface area (Å²) >= 11 is 3.04. The van der Waals surface area contributed by atoms with Gasteiger partial charge in [0.25, 0.3) is 5.91 Å². The molecule has 1 amide bonds. The molecule has 0 spiro atoms. The number of nitrogens with two attached hydrogens (primary N) is 1. The van der Waals surface area contributed by atoms with Crippen molar-refractivity contribution in [2.45, 2.75) is 0 Å². The highest BCUT2D eigenvalue weighted by Crippen LogP contribution is 2.25. The average molecular weight is 285 g/mol. The Bertz CT molecular complexity index is 554. The molecule has 0 aliphatic rings. The highest BCUT2D eigenvalue weighted by molar-refractivity contribution is 9.10. The van der Waals surface area contributed by atoms with Crippen LogP contribution in [-0.4, -0.2) is 21.3 Å². The van der Waals surface area contributed by atoms with Gasteiger partial charge in [-0.1, -0.05) is 0 Å². The van der Waals surface area contributed by atoms with Crippen LogP contribution in [-0.2, 0) is 0 Å². The van der Waals surface area contributed by atoms with E-state index in [0.29, 0.717) is 11.3 Å². The highest BCUT2D eigenvalue weighted by atomic mass is 79.9. The van der Waals surface area contributed by atoms with E-state index in [9.17, 15) is 9.18 Å². The SMILES string of the molecule is NC(=O)c1n[nH]nc1-c1ccc(F)c(Br)c1. The number of amides is 1. The molecule has 2 rings (SSSR count). The summed E-state index contributed by atoms with van der Waals surface area (Å²) < 4.78 is 13.3. The molecule has 0 saturated heterocycles. The van der Waals surface area contributed by atoms with Gasteiger partial charge in [-0.3, -0.25) is 4.79 Å². The summed E-state index contributed by atoms with van der Waals surface area (Å²) in [5.74, 6) is -1.09. The smallest absolute Gasteiger partial charge is 0.271 e. The zero-order valence-electron chi connectivity index (χ0n) is 7.87. The topological polar surface area (TPSA) is 84.7 Å². The number of hydrogen-bond donors (Lipinski definition) is 2. The average Bonchev–Trinajstić information content (AvgIpc) is 2.71. The number of halogens is 2. The molecule has 2 aromatic rings. The normalized spacial score (nSPS) is 10.4. The number of carbonyl (C=O) groups is 1. The van der Waals surface area contributed by atoms with Crippen LogP contribution in [0.15, 0.2) is 22.7 Å². The van der Waals surface area contributed by atoms with Crippen LogP contribution in [0.4, 0.5) is 4.39 Å².